The first-order valence-corrected chi connectivity index (χ1v) is 8.17. The summed E-state index contributed by atoms with van der Waals surface area (Å²) >= 11 is 0. The largest absolute Gasteiger partial charge is 0.508 e. The predicted molar refractivity (Wildman–Crippen MR) is 100 cm³/mol. The molecule has 6 heteroatoms. The fraction of sp³-hybridized carbons (Fsp3) is 0.0476. The molecule has 0 aliphatic heterocycles. The third-order valence-electron chi connectivity index (χ3n) is 3.57. The summed E-state index contributed by atoms with van der Waals surface area (Å²) in [5.41, 5.74) is 0.827. The van der Waals surface area contributed by atoms with Crippen molar-refractivity contribution in [1.82, 2.24) is 0 Å². The van der Waals surface area contributed by atoms with Gasteiger partial charge in [-0.25, -0.2) is 0 Å². The van der Waals surface area contributed by atoms with Gasteiger partial charge < -0.3 is 19.9 Å². The van der Waals surface area contributed by atoms with Gasteiger partial charge in [0.05, 0.1) is 5.56 Å². The van der Waals surface area contributed by atoms with Crippen LogP contribution in [-0.2, 0) is 4.79 Å². The van der Waals surface area contributed by atoms with Crippen molar-refractivity contribution in [1.29, 1.82) is 0 Å². The standard InChI is InChI=1S/C21H17NO5/c1-14(23)26-20-5-3-2-4-19(20)21(25)22-15-6-10-17(11-7-15)27-18-12-8-16(24)9-13-18/h2-13,24H,1H3,(H,22,25). The van der Waals surface area contributed by atoms with E-state index in [0.29, 0.717) is 17.2 Å². The molecule has 1 amide bonds. The molecule has 136 valence electrons. The highest BCUT2D eigenvalue weighted by Gasteiger charge is 2.13. The summed E-state index contributed by atoms with van der Waals surface area (Å²) in [5.74, 6) is 0.646. The fourth-order valence-electron chi connectivity index (χ4n) is 2.35. The van der Waals surface area contributed by atoms with Crippen molar-refractivity contribution < 1.29 is 24.2 Å². The third kappa shape index (κ3) is 4.85. The van der Waals surface area contributed by atoms with Crippen molar-refractivity contribution in [3.05, 3.63) is 78.4 Å². The molecular formula is C21H17NO5. The smallest absolute Gasteiger partial charge is 0.308 e. The number of esters is 1. The Morgan fingerprint density at radius 2 is 1.44 bits per heavy atom. The zero-order chi connectivity index (χ0) is 19.2. The number of amides is 1. The highest BCUT2D eigenvalue weighted by molar-refractivity contribution is 6.06. The Bertz CT molecular complexity index is 949. The molecule has 3 aromatic rings. The highest BCUT2D eigenvalue weighted by atomic mass is 16.5. The minimum Gasteiger partial charge on any atom is -0.508 e. The molecule has 3 rings (SSSR count). The lowest BCUT2D eigenvalue weighted by atomic mass is 10.2. The lowest BCUT2D eigenvalue weighted by Crippen LogP contribution is -2.14. The van der Waals surface area contributed by atoms with Crippen molar-refractivity contribution in [2.75, 3.05) is 5.32 Å². The van der Waals surface area contributed by atoms with E-state index in [-0.39, 0.29) is 23.0 Å². The van der Waals surface area contributed by atoms with E-state index < -0.39 is 5.97 Å². The maximum absolute atomic E-state index is 12.5. The van der Waals surface area contributed by atoms with Gasteiger partial charge in [-0.05, 0) is 60.7 Å². The number of aromatic hydroxyl groups is 1. The molecule has 0 saturated carbocycles. The second kappa shape index (κ2) is 8.05. The van der Waals surface area contributed by atoms with E-state index >= 15 is 0 Å². The van der Waals surface area contributed by atoms with Crippen LogP contribution in [0.4, 0.5) is 5.69 Å². The first kappa shape index (κ1) is 18.0. The first-order valence-electron chi connectivity index (χ1n) is 8.17. The molecule has 0 spiro atoms. The number of nitrogens with one attached hydrogen (secondary N) is 1. The van der Waals surface area contributed by atoms with Gasteiger partial charge in [0.15, 0.2) is 0 Å². The molecule has 3 aromatic carbocycles. The zero-order valence-corrected chi connectivity index (χ0v) is 14.5. The van der Waals surface area contributed by atoms with Gasteiger partial charge in [-0.2, -0.15) is 0 Å². The normalized spacial score (nSPS) is 10.1. The summed E-state index contributed by atoms with van der Waals surface area (Å²) in [4.78, 5) is 23.6. The van der Waals surface area contributed by atoms with Gasteiger partial charge in [0.1, 0.15) is 23.0 Å². The molecule has 27 heavy (non-hydrogen) atoms. The first-order chi connectivity index (χ1) is 13.0. The second-order valence-corrected chi connectivity index (χ2v) is 5.66. The number of rotatable bonds is 5. The van der Waals surface area contributed by atoms with Gasteiger partial charge in [0, 0.05) is 12.6 Å². The van der Waals surface area contributed by atoms with E-state index in [0.717, 1.165) is 0 Å². The molecule has 0 unspecified atom stereocenters. The second-order valence-electron chi connectivity index (χ2n) is 5.66. The topological polar surface area (TPSA) is 84.9 Å². The number of hydrogen-bond acceptors (Lipinski definition) is 5. The van der Waals surface area contributed by atoms with Crippen molar-refractivity contribution in [2.24, 2.45) is 0 Å². The van der Waals surface area contributed by atoms with E-state index in [2.05, 4.69) is 5.32 Å². The number of para-hydroxylation sites is 1. The van der Waals surface area contributed by atoms with E-state index in [1.54, 1.807) is 60.7 Å². The van der Waals surface area contributed by atoms with E-state index in [1.165, 1.54) is 19.1 Å². The summed E-state index contributed by atoms with van der Waals surface area (Å²) in [6, 6.07) is 19.7. The number of phenolic OH excluding ortho intramolecular Hbond substituents is 1. The number of phenols is 1. The van der Waals surface area contributed by atoms with Gasteiger partial charge >= 0.3 is 5.97 Å². The maximum Gasteiger partial charge on any atom is 0.308 e. The van der Waals surface area contributed by atoms with E-state index in [1.807, 2.05) is 0 Å². The van der Waals surface area contributed by atoms with Crippen LogP contribution in [0.1, 0.15) is 17.3 Å². The molecule has 0 fully saturated rings. The van der Waals surface area contributed by atoms with Crippen LogP contribution < -0.4 is 14.8 Å². The summed E-state index contributed by atoms with van der Waals surface area (Å²) in [6.45, 7) is 1.28. The third-order valence-corrected chi connectivity index (χ3v) is 3.57. The molecule has 0 aromatic heterocycles. The molecule has 0 aliphatic rings. The van der Waals surface area contributed by atoms with Gasteiger partial charge in [-0.1, -0.05) is 12.1 Å². The Kier molecular flexibility index (Phi) is 5.37. The molecule has 0 heterocycles. The average molecular weight is 363 g/mol. The van der Waals surface area contributed by atoms with Crippen LogP contribution in [-0.4, -0.2) is 17.0 Å². The molecule has 0 bridgehead atoms. The monoisotopic (exact) mass is 363 g/mol. The number of benzene rings is 3. The summed E-state index contributed by atoms with van der Waals surface area (Å²) < 4.78 is 10.7. The quantitative estimate of drug-likeness (QED) is 0.520. The fourth-order valence-corrected chi connectivity index (χ4v) is 2.35. The van der Waals surface area contributed by atoms with Crippen LogP contribution in [0.15, 0.2) is 72.8 Å². The SMILES string of the molecule is CC(=O)Oc1ccccc1C(=O)Nc1ccc(Oc2ccc(O)cc2)cc1. The van der Waals surface area contributed by atoms with Crippen LogP contribution in [0.25, 0.3) is 0 Å². The van der Waals surface area contributed by atoms with Gasteiger partial charge in [-0.3, -0.25) is 9.59 Å². The molecule has 0 atom stereocenters. The maximum atomic E-state index is 12.5. The predicted octanol–water partition coefficient (Wildman–Crippen LogP) is 4.36. The van der Waals surface area contributed by atoms with Crippen LogP contribution in [0.5, 0.6) is 23.0 Å². The zero-order valence-electron chi connectivity index (χ0n) is 14.5. The van der Waals surface area contributed by atoms with Gasteiger partial charge in [-0.15, -0.1) is 0 Å². The molecule has 2 N–H and O–H groups in total. The molecule has 6 nitrogen and oxygen atoms in total. The van der Waals surface area contributed by atoms with Crippen molar-refractivity contribution >= 4 is 17.6 Å². The number of ether oxygens (including phenoxy) is 2. The van der Waals surface area contributed by atoms with E-state index in [4.69, 9.17) is 9.47 Å². The minimum atomic E-state index is -0.494. The number of hydrogen-bond donors (Lipinski definition) is 2. The van der Waals surface area contributed by atoms with Crippen molar-refractivity contribution in [3.8, 4) is 23.0 Å². The van der Waals surface area contributed by atoms with Gasteiger partial charge in [0.2, 0.25) is 0 Å². The van der Waals surface area contributed by atoms with Crippen LogP contribution in [0.3, 0.4) is 0 Å². The molecule has 0 aliphatic carbocycles. The van der Waals surface area contributed by atoms with Crippen molar-refractivity contribution in [3.63, 3.8) is 0 Å². The Morgan fingerprint density at radius 1 is 0.852 bits per heavy atom. The van der Waals surface area contributed by atoms with Crippen molar-refractivity contribution in [2.45, 2.75) is 6.92 Å². The molecular weight excluding hydrogens is 346 g/mol. The van der Waals surface area contributed by atoms with Crippen LogP contribution >= 0.6 is 0 Å². The Balaban J connectivity index is 1.68. The van der Waals surface area contributed by atoms with Crippen LogP contribution in [0.2, 0.25) is 0 Å². The summed E-state index contributed by atoms with van der Waals surface area (Å²) in [5, 5.41) is 12.0. The number of anilines is 1. The van der Waals surface area contributed by atoms with Gasteiger partial charge in [0.25, 0.3) is 5.91 Å². The Hall–Kier alpha value is -3.80. The molecule has 0 radical (unpaired) electrons. The minimum absolute atomic E-state index is 0.162. The Labute approximate surface area is 156 Å². The Morgan fingerprint density at radius 3 is 2.07 bits per heavy atom. The summed E-state index contributed by atoms with van der Waals surface area (Å²) in [6.07, 6.45) is 0. The average Bonchev–Trinajstić information content (AvgIpc) is 2.65. The van der Waals surface area contributed by atoms with E-state index in [9.17, 15) is 14.7 Å². The lowest BCUT2D eigenvalue weighted by Gasteiger charge is -2.10. The number of carbonyl (C=O) groups excluding carboxylic acids is 2. The van der Waals surface area contributed by atoms with Crippen LogP contribution in [0, 0.1) is 0 Å². The highest BCUT2D eigenvalue weighted by Crippen LogP contribution is 2.25. The molecule has 0 saturated heterocycles. The summed E-state index contributed by atoms with van der Waals surface area (Å²) in [7, 11) is 0. The number of carbonyl (C=O) groups is 2. The lowest BCUT2D eigenvalue weighted by molar-refractivity contribution is -0.131.